The molecule has 3 heterocycles. The van der Waals surface area contributed by atoms with Gasteiger partial charge in [-0.15, -0.1) is 0 Å². The standard InChI is InChI=1S/C22H23N3O5S/c1-29-18-8-4-3-7-17(18)25-21-15-6-2-5-9-19(15)31(27,28)14-16(21)20(23-25)22(26)24-10-12-30-13-11-24/h2-9,27-28H,10-14H2,1H3. The number of methoxy groups -OCH3 is 1. The largest absolute Gasteiger partial charge is 0.494 e. The van der Waals surface area contributed by atoms with Gasteiger partial charge in [0.05, 0.1) is 36.7 Å². The number of ether oxygens (including phenoxy) is 2. The Bertz CT molecular complexity index is 1150. The lowest BCUT2D eigenvalue weighted by Gasteiger charge is -2.38. The van der Waals surface area contributed by atoms with Gasteiger partial charge >= 0.3 is 0 Å². The van der Waals surface area contributed by atoms with Crippen LogP contribution in [0.2, 0.25) is 0 Å². The molecule has 0 radical (unpaired) electrons. The second-order valence-electron chi connectivity index (χ2n) is 7.47. The zero-order valence-corrected chi connectivity index (χ0v) is 17.8. The number of amides is 1. The van der Waals surface area contributed by atoms with Crippen molar-refractivity contribution in [1.29, 1.82) is 0 Å². The third-order valence-corrected chi connectivity index (χ3v) is 7.39. The second-order valence-corrected chi connectivity index (χ2v) is 9.53. The van der Waals surface area contributed by atoms with Crippen molar-refractivity contribution in [3.63, 3.8) is 0 Å². The predicted molar refractivity (Wildman–Crippen MR) is 117 cm³/mol. The fourth-order valence-electron chi connectivity index (χ4n) is 4.16. The van der Waals surface area contributed by atoms with E-state index in [1.54, 1.807) is 28.8 Å². The van der Waals surface area contributed by atoms with Gasteiger partial charge in [0.2, 0.25) is 0 Å². The number of nitrogens with zero attached hydrogens (tertiary/aromatic N) is 3. The highest BCUT2D eigenvalue weighted by atomic mass is 32.3. The van der Waals surface area contributed by atoms with Crippen molar-refractivity contribution in [3.8, 4) is 22.7 Å². The van der Waals surface area contributed by atoms with E-state index in [0.29, 0.717) is 59.5 Å². The van der Waals surface area contributed by atoms with E-state index in [-0.39, 0.29) is 17.4 Å². The molecule has 162 valence electrons. The minimum absolute atomic E-state index is 0.0556. The Labute approximate surface area is 181 Å². The molecule has 0 aliphatic carbocycles. The number of aromatic nitrogens is 2. The van der Waals surface area contributed by atoms with Gasteiger partial charge in [0.25, 0.3) is 5.91 Å². The van der Waals surface area contributed by atoms with Gasteiger partial charge in [0, 0.05) is 24.2 Å². The third kappa shape index (κ3) is 3.30. The monoisotopic (exact) mass is 441 g/mol. The zero-order valence-electron chi connectivity index (χ0n) is 17.0. The quantitative estimate of drug-likeness (QED) is 0.644. The van der Waals surface area contributed by atoms with Crippen LogP contribution < -0.4 is 4.74 Å². The number of rotatable bonds is 3. The van der Waals surface area contributed by atoms with Crippen molar-refractivity contribution in [2.75, 3.05) is 33.4 Å². The molecule has 2 aromatic carbocycles. The normalized spacial score (nSPS) is 18.1. The van der Waals surface area contributed by atoms with Crippen LogP contribution in [-0.2, 0) is 10.5 Å². The van der Waals surface area contributed by atoms with E-state index in [1.165, 1.54) is 0 Å². The molecule has 0 spiro atoms. The van der Waals surface area contributed by atoms with Gasteiger partial charge in [-0.3, -0.25) is 13.9 Å². The average molecular weight is 442 g/mol. The van der Waals surface area contributed by atoms with Gasteiger partial charge in [0.15, 0.2) is 5.69 Å². The Morgan fingerprint density at radius 2 is 1.81 bits per heavy atom. The molecule has 1 fully saturated rings. The van der Waals surface area contributed by atoms with Crippen molar-refractivity contribution >= 4 is 16.5 Å². The Morgan fingerprint density at radius 1 is 1.10 bits per heavy atom. The molecule has 2 aliphatic rings. The zero-order chi connectivity index (χ0) is 21.6. The first-order valence-electron chi connectivity index (χ1n) is 9.99. The lowest BCUT2D eigenvalue weighted by molar-refractivity contribution is 0.0298. The van der Waals surface area contributed by atoms with Crippen LogP contribution in [0.25, 0.3) is 16.9 Å². The summed E-state index contributed by atoms with van der Waals surface area (Å²) in [6.07, 6.45) is 0. The minimum Gasteiger partial charge on any atom is -0.494 e. The van der Waals surface area contributed by atoms with Gasteiger partial charge < -0.3 is 14.4 Å². The fourth-order valence-corrected chi connectivity index (χ4v) is 5.80. The summed E-state index contributed by atoms with van der Waals surface area (Å²) in [5.74, 6) is 0.315. The average Bonchev–Trinajstić information content (AvgIpc) is 3.17. The summed E-state index contributed by atoms with van der Waals surface area (Å²) in [7, 11) is -1.52. The summed E-state index contributed by atoms with van der Waals surface area (Å²) in [6, 6.07) is 14.6. The molecule has 3 aromatic rings. The molecule has 0 bridgehead atoms. The molecule has 1 aromatic heterocycles. The van der Waals surface area contributed by atoms with E-state index in [1.807, 2.05) is 36.4 Å². The number of fused-ring (bicyclic) bond motifs is 3. The summed E-state index contributed by atoms with van der Waals surface area (Å²) < 4.78 is 34.4. The summed E-state index contributed by atoms with van der Waals surface area (Å²) in [4.78, 5) is 15.6. The maximum absolute atomic E-state index is 13.4. The van der Waals surface area contributed by atoms with Gasteiger partial charge in [0.1, 0.15) is 11.4 Å². The molecule has 2 N–H and O–H groups in total. The highest BCUT2D eigenvalue weighted by molar-refractivity contribution is 8.23. The third-order valence-electron chi connectivity index (χ3n) is 5.64. The molecule has 1 saturated heterocycles. The van der Waals surface area contributed by atoms with Crippen LogP contribution in [0.3, 0.4) is 0 Å². The van der Waals surface area contributed by atoms with Crippen molar-refractivity contribution in [3.05, 3.63) is 59.8 Å². The molecule has 1 amide bonds. The van der Waals surface area contributed by atoms with Crippen molar-refractivity contribution in [2.24, 2.45) is 0 Å². The number of carbonyl (C=O) groups excluding carboxylic acids is 1. The molecule has 5 rings (SSSR count). The van der Waals surface area contributed by atoms with E-state index >= 15 is 0 Å². The molecule has 0 saturated carbocycles. The van der Waals surface area contributed by atoms with Crippen molar-refractivity contribution in [1.82, 2.24) is 14.7 Å². The van der Waals surface area contributed by atoms with Crippen LogP contribution in [-0.4, -0.2) is 63.1 Å². The Balaban J connectivity index is 1.76. The van der Waals surface area contributed by atoms with Crippen LogP contribution in [0.4, 0.5) is 0 Å². The predicted octanol–water partition coefficient (Wildman–Crippen LogP) is 3.64. The molecule has 0 unspecified atom stereocenters. The number of morpholine rings is 1. The maximum Gasteiger partial charge on any atom is 0.274 e. The molecule has 8 nitrogen and oxygen atoms in total. The second kappa shape index (κ2) is 7.69. The highest BCUT2D eigenvalue weighted by Gasteiger charge is 2.37. The fraction of sp³-hybridized carbons (Fsp3) is 0.273. The van der Waals surface area contributed by atoms with E-state index in [4.69, 9.17) is 14.6 Å². The number of para-hydroxylation sites is 2. The van der Waals surface area contributed by atoms with Gasteiger partial charge in [-0.05, 0) is 18.2 Å². The van der Waals surface area contributed by atoms with Crippen LogP contribution >= 0.6 is 10.6 Å². The maximum atomic E-state index is 13.4. The number of carbonyl (C=O) groups is 1. The SMILES string of the molecule is COc1ccccc1-n1nc(C(=O)N2CCOCC2)c2c1-c1ccccc1S(O)(O)C2. The van der Waals surface area contributed by atoms with E-state index < -0.39 is 10.6 Å². The topological polar surface area (TPSA) is 97.1 Å². The lowest BCUT2D eigenvalue weighted by Crippen LogP contribution is -2.41. The molecule has 2 aliphatic heterocycles. The lowest BCUT2D eigenvalue weighted by atomic mass is 10.0. The van der Waals surface area contributed by atoms with Crippen LogP contribution in [0, 0.1) is 0 Å². The Kier molecular flexibility index (Phi) is 4.98. The first kappa shape index (κ1) is 20.1. The van der Waals surface area contributed by atoms with Crippen LogP contribution in [0.1, 0.15) is 16.1 Å². The van der Waals surface area contributed by atoms with Gasteiger partial charge in [-0.1, -0.05) is 30.3 Å². The highest BCUT2D eigenvalue weighted by Crippen LogP contribution is 2.60. The van der Waals surface area contributed by atoms with E-state index in [9.17, 15) is 13.9 Å². The number of hydrogen-bond donors (Lipinski definition) is 2. The molecule has 9 heteroatoms. The summed E-state index contributed by atoms with van der Waals surface area (Å²) in [5, 5.41) is 4.71. The smallest absolute Gasteiger partial charge is 0.274 e. The summed E-state index contributed by atoms with van der Waals surface area (Å²) in [6.45, 7) is 1.89. The molecular formula is C22H23N3O5S. The van der Waals surface area contributed by atoms with Crippen LogP contribution in [0.15, 0.2) is 53.4 Å². The first-order chi connectivity index (χ1) is 15.0. The van der Waals surface area contributed by atoms with E-state index in [2.05, 4.69) is 0 Å². The number of hydrogen-bond acceptors (Lipinski definition) is 6. The van der Waals surface area contributed by atoms with Crippen molar-refractivity contribution < 1.29 is 23.4 Å². The minimum atomic E-state index is -3.11. The molecule has 0 atom stereocenters. The first-order valence-corrected chi connectivity index (χ1v) is 11.7. The van der Waals surface area contributed by atoms with E-state index in [0.717, 1.165) is 0 Å². The Hall–Kier alpha value is -2.85. The van der Waals surface area contributed by atoms with Gasteiger partial charge in [-0.25, -0.2) is 4.68 Å². The number of benzene rings is 2. The molecule has 31 heavy (non-hydrogen) atoms. The summed E-state index contributed by atoms with van der Waals surface area (Å²) >= 11 is 0. The van der Waals surface area contributed by atoms with Gasteiger partial charge in [-0.2, -0.15) is 15.7 Å². The van der Waals surface area contributed by atoms with Crippen molar-refractivity contribution in [2.45, 2.75) is 10.6 Å². The summed E-state index contributed by atoms with van der Waals surface area (Å²) in [5.41, 5.74) is 2.79. The Morgan fingerprint density at radius 3 is 2.58 bits per heavy atom. The molecular weight excluding hydrogens is 418 g/mol. The van der Waals surface area contributed by atoms with Crippen LogP contribution in [0.5, 0.6) is 5.75 Å².